The molecule has 0 aliphatic rings. The minimum absolute atomic E-state index is 0. The molecule has 0 spiro atoms. The standard InChI is InChI=1S/C5H11.3ClH.Zr/c1-5(2,3)4;;;;/h1H2,2-4H3;3*1H;/q-1;;;;+4/p-3. The van der Waals surface area contributed by atoms with Gasteiger partial charge in [0.2, 0.25) is 0 Å². The van der Waals surface area contributed by atoms with E-state index in [-0.39, 0.29) is 68.8 Å². The van der Waals surface area contributed by atoms with Gasteiger partial charge in [-0.05, 0) is 0 Å². The second-order valence-electron chi connectivity index (χ2n) is 2.56. The van der Waals surface area contributed by atoms with Crippen LogP contribution in [-0.4, -0.2) is 0 Å². The first-order valence-corrected chi connectivity index (χ1v) is 1.85. The van der Waals surface area contributed by atoms with Crippen LogP contribution < -0.4 is 37.2 Å². The summed E-state index contributed by atoms with van der Waals surface area (Å²) >= 11 is 0. The van der Waals surface area contributed by atoms with Gasteiger partial charge < -0.3 is 44.1 Å². The first-order chi connectivity index (χ1) is 2.00. The van der Waals surface area contributed by atoms with Gasteiger partial charge in [-0.15, -0.1) is 0 Å². The molecule has 0 bridgehead atoms. The SMILES string of the molecule is [CH2-]C(C)(C)C.[Cl-].[Cl-].[Cl-].[Zr+4]. The Morgan fingerprint density at radius 2 is 0.889 bits per heavy atom. The zero-order chi connectivity index (χ0) is 4.50. The second-order valence-corrected chi connectivity index (χ2v) is 2.56. The summed E-state index contributed by atoms with van der Waals surface area (Å²) < 4.78 is 0. The fourth-order valence-corrected chi connectivity index (χ4v) is 0. The third-order valence-corrected chi connectivity index (χ3v) is 0. The Labute approximate surface area is 95.9 Å². The van der Waals surface area contributed by atoms with Crippen molar-refractivity contribution < 1.29 is 63.4 Å². The summed E-state index contributed by atoms with van der Waals surface area (Å²) in [5, 5.41) is 0. The summed E-state index contributed by atoms with van der Waals surface area (Å²) in [5.74, 6) is 0. The van der Waals surface area contributed by atoms with E-state index in [4.69, 9.17) is 0 Å². The fourth-order valence-electron chi connectivity index (χ4n) is 0. The molecular weight excluding hydrogens is 258 g/mol. The van der Waals surface area contributed by atoms with Gasteiger partial charge in [0.05, 0.1) is 0 Å². The van der Waals surface area contributed by atoms with Crippen LogP contribution in [-0.2, 0) is 26.2 Å². The molecule has 0 unspecified atom stereocenters. The van der Waals surface area contributed by atoms with E-state index in [1.807, 2.05) is 0 Å². The molecule has 0 aromatic heterocycles. The molecule has 0 radical (unpaired) electrons. The second kappa shape index (κ2) is 12.4. The van der Waals surface area contributed by atoms with Gasteiger partial charge in [-0.1, -0.05) is 20.8 Å². The maximum absolute atomic E-state index is 3.77. The molecule has 0 atom stereocenters. The summed E-state index contributed by atoms with van der Waals surface area (Å²) in [7, 11) is 0. The summed E-state index contributed by atoms with van der Waals surface area (Å²) in [5.41, 5.74) is 0.250. The number of halogens is 3. The number of hydrogen-bond acceptors (Lipinski definition) is 0. The normalized spacial score (nSPS) is 6.67. The third-order valence-electron chi connectivity index (χ3n) is 0. The number of hydrogen-bond donors (Lipinski definition) is 0. The van der Waals surface area contributed by atoms with Crippen molar-refractivity contribution >= 4 is 0 Å². The van der Waals surface area contributed by atoms with Gasteiger partial charge in [0.15, 0.2) is 0 Å². The van der Waals surface area contributed by atoms with Gasteiger partial charge in [-0.3, -0.25) is 0 Å². The molecule has 0 fully saturated rings. The zero-order valence-corrected chi connectivity index (χ0v) is 10.6. The molecule has 0 N–H and O–H groups in total. The van der Waals surface area contributed by atoms with Crippen LogP contribution >= 0.6 is 0 Å². The molecule has 56 valence electrons. The first kappa shape index (κ1) is 30.9. The van der Waals surface area contributed by atoms with Crippen molar-refractivity contribution in [3.05, 3.63) is 6.92 Å². The van der Waals surface area contributed by atoms with E-state index >= 15 is 0 Å². The summed E-state index contributed by atoms with van der Waals surface area (Å²) in [6, 6.07) is 0. The summed E-state index contributed by atoms with van der Waals surface area (Å²) in [6.45, 7) is 10.0. The van der Waals surface area contributed by atoms with Gasteiger partial charge >= 0.3 is 26.2 Å². The molecule has 4 heteroatoms. The summed E-state index contributed by atoms with van der Waals surface area (Å²) in [4.78, 5) is 0. The Morgan fingerprint density at radius 3 is 0.889 bits per heavy atom. The molecule has 0 rings (SSSR count). The van der Waals surface area contributed by atoms with E-state index in [0.29, 0.717) is 0 Å². The Morgan fingerprint density at radius 1 is 0.889 bits per heavy atom. The van der Waals surface area contributed by atoms with Crippen LogP contribution in [0.25, 0.3) is 0 Å². The minimum Gasteiger partial charge on any atom is -1.00 e. The van der Waals surface area contributed by atoms with E-state index in [0.717, 1.165) is 0 Å². The van der Waals surface area contributed by atoms with E-state index in [1.54, 1.807) is 0 Å². The largest absolute Gasteiger partial charge is 4.00 e. The Hall–Kier alpha value is 1.75. The topological polar surface area (TPSA) is 0 Å². The fraction of sp³-hybridized carbons (Fsp3) is 0.800. The Kier molecular flexibility index (Phi) is 42.7. The van der Waals surface area contributed by atoms with Crippen molar-refractivity contribution in [3.63, 3.8) is 0 Å². The first-order valence-electron chi connectivity index (χ1n) is 1.85. The molecule has 0 amide bonds. The van der Waals surface area contributed by atoms with E-state index in [2.05, 4.69) is 27.7 Å². The van der Waals surface area contributed by atoms with Crippen molar-refractivity contribution in [2.75, 3.05) is 0 Å². The van der Waals surface area contributed by atoms with Gasteiger partial charge in [0.25, 0.3) is 0 Å². The predicted molar refractivity (Wildman–Crippen MR) is 24.8 cm³/mol. The average molecular weight is 269 g/mol. The predicted octanol–water partition coefficient (Wildman–Crippen LogP) is -7.12. The van der Waals surface area contributed by atoms with Gasteiger partial charge in [0, 0.05) is 0 Å². The zero-order valence-electron chi connectivity index (χ0n) is 5.84. The van der Waals surface area contributed by atoms with Gasteiger partial charge in [-0.2, -0.15) is 5.41 Å². The molecule has 0 saturated carbocycles. The van der Waals surface area contributed by atoms with Crippen LogP contribution in [0.1, 0.15) is 20.8 Å². The van der Waals surface area contributed by atoms with Gasteiger partial charge in [-0.25, -0.2) is 0 Å². The molecule has 0 aliphatic heterocycles. The number of rotatable bonds is 0. The minimum atomic E-state index is 0. The Balaban J connectivity index is -0.0000000133. The van der Waals surface area contributed by atoms with E-state index in [9.17, 15) is 0 Å². The molecule has 0 aliphatic carbocycles. The third kappa shape index (κ3) is 191. The van der Waals surface area contributed by atoms with E-state index in [1.165, 1.54) is 0 Å². The monoisotopic (exact) mass is 266 g/mol. The van der Waals surface area contributed by atoms with Crippen molar-refractivity contribution in [2.24, 2.45) is 5.41 Å². The smallest absolute Gasteiger partial charge is 1.00 e. The van der Waals surface area contributed by atoms with Crippen LogP contribution in [0.5, 0.6) is 0 Å². The van der Waals surface area contributed by atoms with Crippen LogP contribution in [0.3, 0.4) is 0 Å². The van der Waals surface area contributed by atoms with Crippen molar-refractivity contribution in [3.8, 4) is 0 Å². The maximum atomic E-state index is 3.77. The van der Waals surface area contributed by atoms with Crippen molar-refractivity contribution in [1.82, 2.24) is 0 Å². The molecule has 0 heterocycles. The van der Waals surface area contributed by atoms with Crippen molar-refractivity contribution in [1.29, 1.82) is 0 Å². The van der Waals surface area contributed by atoms with E-state index < -0.39 is 0 Å². The quantitative estimate of drug-likeness (QED) is 0.383. The average Bonchev–Trinajstić information content (AvgIpc) is 0.722. The molecule has 0 nitrogen and oxygen atoms in total. The van der Waals surface area contributed by atoms with Crippen LogP contribution in [0, 0.1) is 12.3 Å². The van der Waals surface area contributed by atoms with Gasteiger partial charge in [0.1, 0.15) is 0 Å². The maximum Gasteiger partial charge on any atom is 4.00 e. The van der Waals surface area contributed by atoms with Crippen LogP contribution in [0.15, 0.2) is 0 Å². The van der Waals surface area contributed by atoms with Crippen LogP contribution in [0.2, 0.25) is 0 Å². The molecule has 9 heavy (non-hydrogen) atoms. The molecule has 0 saturated heterocycles. The van der Waals surface area contributed by atoms with Crippen LogP contribution in [0.4, 0.5) is 0 Å². The van der Waals surface area contributed by atoms with Crippen molar-refractivity contribution in [2.45, 2.75) is 20.8 Å². The Bertz CT molecular complexity index is 27.7. The molecular formula is C5H11Cl3Zr. The molecule has 0 aromatic carbocycles. The summed E-state index contributed by atoms with van der Waals surface area (Å²) in [6.07, 6.45) is 0. The molecule has 0 aromatic rings.